The van der Waals surface area contributed by atoms with Crippen LogP contribution in [0.5, 0.6) is 0 Å². The molecule has 4 heteroatoms. The van der Waals surface area contributed by atoms with Crippen LogP contribution in [0.2, 0.25) is 0 Å². The van der Waals surface area contributed by atoms with E-state index >= 15 is 0 Å². The minimum atomic E-state index is -1.53. The minimum absolute atomic E-state index is 0.426. The molecule has 2 radical (unpaired) electrons. The number of hydrogen-bond donors (Lipinski definition) is 0. The van der Waals surface area contributed by atoms with E-state index in [4.69, 9.17) is 1.28 Å². The predicted molar refractivity (Wildman–Crippen MR) is 20.5 cm³/mol. The van der Waals surface area contributed by atoms with Gasteiger partial charge >= 0.3 is 28.7 Å². The summed E-state index contributed by atoms with van der Waals surface area (Å²) in [6, 6.07) is 0. The first-order valence-electron chi connectivity index (χ1n) is 1.20. The molecule has 1 unspecified atom stereocenters. The first kappa shape index (κ1) is 2.59. The van der Waals surface area contributed by atoms with Crippen molar-refractivity contribution in [2.45, 2.75) is 0 Å². The molecule has 0 saturated heterocycles. The molecule has 0 amide bonds. The average Bonchev–Trinajstić information content (AvgIpc) is 1.38. The molecule has 0 rings (SSSR count). The molecule has 0 aromatic rings. The summed E-state index contributed by atoms with van der Waals surface area (Å²) in [5, 5.41) is 0. The Labute approximate surface area is 29.8 Å². The zero-order valence-electron chi connectivity index (χ0n) is 3.01. The Kier molecular flexibility index (Phi) is 2.17. The van der Waals surface area contributed by atoms with E-state index in [1.807, 2.05) is 0 Å². The molecular formula is HB2OP. The normalized spacial score (nSPS) is 16.5. The molecule has 0 N–H and O–H groups in total. The van der Waals surface area contributed by atoms with Gasteiger partial charge in [-0.3, -0.25) is 0 Å². The van der Waals surface area contributed by atoms with Crippen LogP contribution >= 0.6 is 8.28 Å². The molecule has 4 heavy (non-hydrogen) atoms. The molecule has 0 aliphatic rings. The van der Waals surface area contributed by atoms with Crippen LogP contribution in [0.3, 0.4) is 0 Å². The zero-order valence-corrected chi connectivity index (χ0v) is 2.90. The Balaban J connectivity index is 2.83. The van der Waals surface area contributed by atoms with Gasteiger partial charge in [-0.1, -0.05) is 0 Å². The van der Waals surface area contributed by atoms with Crippen molar-refractivity contribution in [2.75, 3.05) is 0 Å². The Morgan fingerprint density at radius 1 is 2.50 bits per heavy atom. The summed E-state index contributed by atoms with van der Waals surface area (Å²) in [5.41, 5.74) is 0. The van der Waals surface area contributed by atoms with E-state index in [2.05, 4.69) is 7.57 Å². The maximum absolute atomic E-state index is 9.22. The third kappa shape index (κ3) is 2.36. The maximum atomic E-state index is 9.22. The van der Waals surface area contributed by atoms with Crippen molar-refractivity contribution in [1.29, 1.82) is 1.28 Å². The van der Waals surface area contributed by atoms with Gasteiger partial charge in [-0.05, 0) is 0 Å². The Morgan fingerprint density at radius 2 is 2.75 bits per heavy atom. The van der Waals surface area contributed by atoms with Crippen LogP contribution < -0.4 is 0 Å². The SMILES string of the molecule is [2H]P([B])B=O. The first-order valence-corrected chi connectivity index (χ1v) is 1.78. The summed E-state index contributed by atoms with van der Waals surface area (Å²) in [6.45, 7) is 0.426. The van der Waals surface area contributed by atoms with Crippen molar-refractivity contribution in [3.05, 3.63) is 0 Å². The van der Waals surface area contributed by atoms with Gasteiger partial charge in [0, 0.05) is 0 Å². The summed E-state index contributed by atoms with van der Waals surface area (Å²) in [6.07, 6.45) is 0. The van der Waals surface area contributed by atoms with Crippen molar-refractivity contribution >= 4 is 22.7 Å². The summed E-state index contributed by atoms with van der Waals surface area (Å²) in [7, 11) is 3.13. The summed E-state index contributed by atoms with van der Waals surface area (Å²) < 4.78 is 15.5. The average molecular weight is 70.6 g/mol. The van der Waals surface area contributed by atoms with Crippen molar-refractivity contribution in [2.24, 2.45) is 0 Å². The Morgan fingerprint density at radius 3 is 2.75 bits per heavy atom. The second kappa shape index (κ2) is 3.36. The van der Waals surface area contributed by atoms with E-state index in [0.29, 0.717) is 6.87 Å². The first-order chi connectivity index (χ1) is 2.27. The summed E-state index contributed by atoms with van der Waals surface area (Å²) in [5.74, 6) is 0. The van der Waals surface area contributed by atoms with Crippen LogP contribution in [0.15, 0.2) is 0 Å². The summed E-state index contributed by atoms with van der Waals surface area (Å²) in [4.78, 5) is 0. The molecule has 18 valence electrons. The van der Waals surface area contributed by atoms with Gasteiger partial charge in [-0.25, -0.2) is 0 Å². The fourth-order valence-corrected chi connectivity index (χ4v) is 0. The molecule has 0 fully saturated rings. The number of hydrogen-bond acceptors (Lipinski definition) is 1. The zero-order chi connectivity index (χ0) is 4.28. The van der Waals surface area contributed by atoms with Crippen LogP contribution in [0.1, 0.15) is 0 Å². The van der Waals surface area contributed by atoms with Gasteiger partial charge in [0.1, 0.15) is 0 Å². The molecule has 0 heterocycles. The van der Waals surface area contributed by atoms with Crippen molar-refractivity contribution in [1.82, 2.24) is 0 Å². The van der Waals surface area contributed by atoms with Gasteiger partial charge in [0.2, 0.25) is 0 Å². The van der Waals surface area contributed by atoms with Crippen molar-refractivity contribution in [3.63, 3.8) is 0 Å². The van der Waals surface area contributed by atoms with Gasteiger partial charge in [0.15, 0.2) is 0 Å². The second-order valence-corrected chi connectivity index (χ2v) is 0.763. The van der Waals surface area contributed by atoms with Crippen LogP contribution in [-0.2, 0) is 4.70 Å². The van der Waals surface area contributed by atoms with E-state index in [1.165, 1.54) is 0 Å². The third-order valence-corrected chi connectivity index (χ3v) is 0.183. The predicted octanol–water partition coefficient (Wildman–Crippen LogP) is -0.287. The topological polar surface area (TPSA) is 17.1 Å². The molecule has 0 saturated carbocycles. The van der Waals surface area contributed by atoms with E-state index in [9.17, 15) is 4.70 Å². The molecule has 0 bridgehead atoms. The van der Waals surface area contributed by atoms with E-state index in [1.54, 1.807) is 0 Å². The van der Waals surface area contributed by atoms with Crippen molar-refractivity contribution < 1.29 is 4.70 Å². The molecule has 1 atom stereocenters. The molecule has 1 nitrogen and oxygen atoms in total. The van der Waals surface area contributed by atoms with E-state index in [0.717, 1.165) is 0 Å². The third-order valence-electron chi connectivity index (χ3n) is 0.0609. The van der Waals surface area contributed by atoms with E-state index < -0.39 is 8.28 Å². The standard InChI is InChI=1S/B2HOP/c1-4-2-3/h4H/i4D. The fraction of sp³-hybridized carbons (Fsp3) is 0. The quantitative estimate of drug-likeness (QED) is 0.306. The molecule has 0 aromatic heterocycles. The van der Waals surface area contributed by atoms with Crippen LogP contribution in [0.4, 0.5) is 0 Å². The van der Waals surface area contributed by atoms with Crippen LogP contribution in [-0.4, -0.2) is 15.7 Å². The molecule has 0 aromatic carbocycles. The summed E-state index contributed by atoms with van der Waals surface area (Å²) >= 11 is 0. The molecule has 0 aliphatic heterocycles. The molecule has 0 spiro atoms. The molecular weight excluding hydrogens is 68.6 g/mol. The van der Waals surface area contributed by atoms with Crippen molar-refractivity contribution in [3.8, 4) is 0 Å². The van der Waals surface area contributed by atoms with Crippen LogP contribution in [0.25, 0.3) is 0 Å². The van der Waals surface area contributed by atoms with Crippen LogP contribution in [0, 0.1) is 0 Å². The van der Waals surface area contributed by atoms with Gasteiger partial charge in [0.05, 0.1) is 0 Å². The van der Waals surface area contributed by atoms with Gasteiger partial charge in [-0.15, -0.1) is 0 Å². The molecule has 0 aliphatic carbocycles. The van der Waals surface area contributed by atoms with Gasteiger partial charge in [-0.2, -0.15) is 0 Å². The Hall–Kier alpha value is 0.360. The fourth-order valence-electron chi connectivity index (χ4n) is 0. The number of rotatable bonds is 1. The van der Waals surface area contributed by atoms with Gasteiger partial charge in [0.25, 0.3) is 0 Å². The van der Waals surface area contributed by atoms with E-state index in [-0.39, 0.29) is 0 Å². The van der Waals surface area contributed by atoms with Gasteiger partial charge < -0.3 is 0 Å². The Bertz CT molecular complexity index is 36.6. The monoisotopic (exact) mass is 71.0 g/mol. The second-order valence-electron chi connectivity index (χ2n) is 0.254.